The van der Waals surface area contributed by atoms with Crippen molar-refractivity contribution in [2.24, 2.45) is 5.73 Å². The van der Waals surface area contributed by atoms with Gasteiger partial charge in [0.2, 0.25) is 5.91 Å². The highest BCUT2D eigenvalue weighted by atomic mass is 35.5. The van der Waals surface area contributed by atoms with Crippen molar-refractivity contribution >= 4 is 45.6 Å². The van der Waals surface area contributed by atoms with Gasteiger partial charge in [-0.25, -0.2) is 0 Å². The minimum Gasteiger partial charge on any atom is -0.366 e. The molecule has 0 saturated carbocycles. The van der Waals surface area contributed by atoms with Crippen LogP contribution in [0.3, 0.4) is 0 Å². The van der Waals surface area contributed by atoms with Gasteiger partial charge in [0.15, 0.2) is 0 Å². The second-order valence-corrected chi connectivity index (χ2v) is 6.25. The third kappa shape index (κ3) is 2.95. The predicted molar refractivity (Wildman–Crippen MR) is 91.0 cm³/mol. The molecule has 0 bridgehead atoms. The predicted octanol–water partition coefficient (Wildman–Crippen LogP) is 3.08. The normalized spacial score (nSPS) is 16.4. The Balaban J connectivity index is 2.38. The van der Waals surface area contributed by atoms with E-state index in [-0.39, 0.29) is 40.0 Å². The van der Waals surface area contributed by atoms with Gasteiger partial charge in [0, 0.05) is 41.0 Å². The lowest BCUT2D eigenvalue weighted by atomic mass is 9.92. The molecule has 0 fully saturated rings. The Labute approximate surface area is 154 Å². The van der Waals surface area contributed by atoms with E-state index in [1.165, 1.54) is 18.2 Å². The zero-order chi connectivity index (χ0) is 20.1. The van der Waals surface area contributed by atoms with Gasteiger partial charge in [-0.1, -0.05) is 6.07 Å². The first-order valence-corrected chi connectivity index (χ1v) is 8.09. The molecule has 0 radical (unpaired) electrons. The van der Waals surface area contributed by atoms with Crippen LogP contribution < -0.4 is 10.6 Å². The van der Waals surface area contributed by atoms with Crippen LogP contribution in [0.5, 0.6) is 0 Å². The molecule has 1 atom stereocenters. The maximum absolute atomic E-state index is 12.9. The number of nitro groups is 1. The average molecular weight is 402 g/mol. The molecule has 2 amide bonds. The van der Waals surface area contributed by atoms with E-state index in [1.54, 1.807) is 0 Å². The van der Waals surface area contributed by atoms with Gasteiger partial charge in [-0.2, -0.15) is 13.2 Å². The molecule has 1 unspecified atom stereocenters. The smallest absolute Gasteiger partial charge is 0.366 e. The number of carbonyl (C=O) groups excluding carboxylic acids is 2. The Morgan fingerprint density at radius 1 is 1.30 bits per heavy atom. The number of non-ortho nitro benzene ring substituents is 1. The molecule has 2 N–H and O–H groups in total. The Morgan fingerprint density at radius 2 is 1.96 bits per heavy atom. The first-order chi connectivity index (χ1) is 12.6. The highest BCUT2D eigenvalue weighted by molar-refractivity contribution is 6.19. The summed E-state index contributed by atoms with van der Waals surface area (Å²) in [5.74, 6) is -3.90. The summed E-state index contributed by atoms with van der Waals surface area (Å²) in [5.41, 5.74) is 4.86. The van der Waals surface area contributed by atoms with E-state index in [0.717, 1.165) is 6.07 Å². The molecule has 1 aliphatic rings. The molecule has 0 spiro atoms. The monoisotopic (exact) mass is 401 g/mol. The molecule has 1 heterocycles. The van der Waals surface area contributed by atoms with Crippen LogP contribution in [0.15, 0.2) is 24.3 Å². The van der Waals surface area contributed by atoms with Crippen LogP contribution >= 0.6 is 11.6 Å². The van der Waals surface area contributed by atoms with Gasteiger partial charge < -0.3 is 10.6 Å². The molecule has 142 valence electrons. The molecule has 2 aromatic carbocycles. The minimum atomic E-state index is -5.12. The number of nitrogens with two attached hydrogens (primary N) is 1. The van der Waals surface area contributed by atoms with Crippen LogP contribution in [0.4, 0.5) is 24.5 Å². The van der Waals surface area contributed by atoms with Gasteiger partial charge in [0.05, 0.1) is 10.3 Å². The Bertz CT molecular complexity index is 993. The van der Waals surface area contributed by atoms with Crippen LogP contribution in [0.1, 0.15) is 21.8 Å². The second-order valence-electron chi connectivity index (χ2n) is 5.94. The van der Waals surface area contributed by atoms with E-state index >= 15 is 0 Å². The van der Waals surface area contributed by atoms with E-state index in [2.05, 4.69) is 0 Å². The number of hydrogen-bond donors (Lipinski definition) is 1. The fourth-order valence-corrected chi connectivity index (χ4v) is 3.59. The number of halogens is 4. The Kier molecular flexibility index (Phi) is 4.46. The van der Waals surface area contributed by atoms with Gasteiger partial charge in [-0.3, -0.25) is 19.7 Å². The number of amides is 2. The zero-order valence-electron chi connectivity index (χ0n) is 13.4. The number of nitro benzene ring substituents is 1. The SMILES string of the molecule is NC(=O)c1ccc([N+](=O)[O-])c2c3c(ccc12)N(C(=O)C(F)(F)F)CC3CCl. The fraction of sp³-hybridized carbons (Fsp3) is 0.250. The van der Waals surface area contributed by atoms with Crippen LogP contribution in [0.25, 0.3) is 10.8 Å². The number of anilines is 1. The number of nitrogens with zero attached hydrogens (tertiary/aromatic N) is 2. The van der Waals surface area contributed by atoms with E-state index in [1.807, 2.05) is 0 Å². The average Bonchev–Trinajstić information content (AvgIpc) is 2.97. The molecule has 0 aliphatic carbocycles. The molecule has 0 aromatic heterocycles. The number of primary amides is 1. The van der Waals surface area contributed by atoms with E-state index in [0.29, 0.717) is 4.90 Å². The van der Waals surface area contributed by atoms with E-state index < -0.39 is 34.5 Å². The molecule has 27 heavy (non-hydrogen) atoms. The van der Waals surface area contributed by atoms with Gasteiger partial charge in [-0.15, -0.1) is 11.6 Å². The minimum absolute atomic E-state index is 0.0210. The summed E-state index contributed by atoms with van der Waals surface area (Å²) in [6.07, 6.45) is -5.12. The number of fused-ring (bicyclic) bond motifs is 3. The van der Waals surface area contributed by atoms with Gasteiger partial charge in [-0.05, 0) is 17.7 Å². The maximum Gasteiger partial charge on any atom is 0.471 e. The lowest BCUT2D eigenvalue weighted by Gasteiger charge is -2.19. The summed E-state index contributed by atoms with van der Waals surface area (Å²) in [6, 6.07) is 4.69. The summed E-state index contributed by atoms with van der Waals surface area (Å²) in [6.45, 7) is -0.381. The number of hydrogen-bond acceptors (Lipinski definition) is 4. The molecular weight excluding hydrogens is 391 g/mol. The Morgan fingerprint density at radius 3 is 2.48 bits per heavy atom. The molecule has 11 heteroatoms. The largest absolute Gasteiger partial charge is 0.471 e. The Hall–Kier alpha value is -2.88. The van der Waals surface area contributed by atoms with E-state index in [9.17, 15) is 32.9 Å². The molecular formula is C16H11ClF3N3O4. The highest BCUT2D eigenvalue weighted by Crippen LogP contribution is 2.46. The molecule has 0 saturated heterocycles. The number of alkyl halides is 4. The topological polar surface area (TPSA) is 107 Å². The van der Waals surface area contributed by atoms with Crippen molar-refractivity contribution in [2.45, 2.75) is 12.1 Å². The highest BCUT2D eigenvalue weighted by Gasteiger charge is 2.47. The van der Waals surface area contributed by atoms with Gasteiger partial charge >= 0.3 is 12.1 Å². The van der Waals surface area contributed by atoms with Crippen molar-refractivity contribution in [1.29, 1.82) is 0 Å². The van der Waals surface area contributed by atoms with Gasteiger partial charge in [0.1, 0.15) is 0 Å². The molecule has 3 rings (SSSR count). The van der Waals surface area contributed by atoms with Crippen LogP contribution in [-0.4, -0.2) is 35.3 Å². The third-order valence-electron chi connectivity index (χ3n) is 4.41. The first-order valence-electron chi connectivity index (χ1n) is 7.56. The number of rotatable bonds is 3. The molecule has 7 nitrogen and oxygen atoms in total. The summed E-state index contributed by atoms with van der Waals surface area (Å²) >= 11 is 5.87. The van der Waals surface area contributed by atoms with Crippen molar-refractivity contribution in [3.05, 3.63) is 45.5 Å². The fourth-order valence-electron chi connectivity index (χ4n) is 3.34. The third-order valence-corrected chi connectivity index (χ3v) is 4.79. The lowest BCUT2D eigenvalue weighted by molar-refractivity contribution is -0.383. The zero-order valence-corrected chi connectivity index (χ0v) is 14.2. The summed E-state index contributed by atoms with van der Waals surface area (Å²) in [4.78, 5) is 34.7. The van der Waals surface area contributed by atoms with Crippen LogP contribution in [0, 0.1) is 10.1 Å². The van der Waals surface area contributed by atoms with Gasteiger partial charge in [0.25, 0.3) is 5.69 Å². The van der Waals surface area contributed by atoms with E-state index in [4.69, 9.17) is 17.3 Å². The first kappa shape index (κ1) is 18.9. The molecule has 1 aliphatic heterocycles. The van der Waals surface area contributed by atoms with Crippen molar-refractivity contribution in [2.75, 3.05) is 17.3 Å². The summed E-state index contributed by atoms with van der Waals surface area (Å²) < 4.78 is 38.8. The standard InChI is InChI=1S/C16H11ClF3N3O4/c17-5-7-6-22(15(25)16(18,19)20)10-3-1-8-9(14(21)24)2-4-11(23(26)27)13(8)12(7)10/h1-4,7H,5-6H2,(H2,21,24). The quantitative estimate of drug-likeness (QED) is 0.484. The lowest BCUT2D eigenvalue weighted by Crippen LogP contribution is -2.40. The van der Waals surface area contributed by atoms with Crippen molar-refractivity contribution in [3.8, 4) is 0 Å². The summed E-state index contributed by atoms with van der Waals surface area (Å²) in [7, 11) is 0. The second kappa shape index (κ2) is 6.38. The number of carbonyl (C=O) groups is 2. The maximum atomic E-state index is 12.9. The molecule has 2 aromatic rings. The summed E-state index contributed by atoms with van der Waals surface area (Å²) in [5, 5.41) is 11.5. The van der Waals surface area contributed by atoms with Crippen molar-refractivity contribution in [1.82, 2.24) is 0 Å². The van der Waals surface area contributed by atoms with Crippen molar-refractivity contribution in [3.63, 3.8) is 0 Å². The van der Waals surface area contributed by atoms with Crippen LogP contribution in [-0.2, 0) is 4.79 Å². The van der Waals surface area contributed by atoms with Crippen LogP contribution in [0.2, 0.25) is 0 Å². The van der Waals surface area contributed by atoms with Crippen molar-refractivity contribution < 1.29 is 27.7 Å². The number of benzene rings is 2.